The number of pyridine rings is 1. The zero-order valence-electron chi connectivity index (χ0n) is 9.35. The van der Waals surface area contributed by atoms with Gasteiger partial charge in [-0.15, -0.1) is 0 Å². The van der Waals surface area contributed by atoms with Crippen LogP contribution in [0.5, 0.6) is 0 Å². The summed E-state index contributed by atoms with van der Waals surface area (Å²) in [5.41, 5.74) is 1.74. The van der Waals surface area contributed by atoms with E-state index >= 15 is 0 Å². The van der Waals surface area contributed by atoms with E-state index in [0.29, 0.717) is 5.02 Å². The van der Waals surface area contributed by atoms with Gasteiger partial charge in [-0.05, 0) is 12.1 Å². The molecule has 0 unspecified atom stereocenters. The zero-order chi connectivity index (χ0) is 12.1. The number of nitrogens with zero attached hydrogens (tertiary/aromatic N) is 1. The molecule has 0 saturated carbocycles. The average molecular weight is 254 g/mol. The van der Waals surface area contributed by atoms with Gasteiger partial charge in [-0.2, -0.15) is 0 Å². The molecule has 2 heterocycles. The predicted octanol–water partition coefficient (Wildman–Crippen LogP) is 4.79. The van der Waals surface area contributed by atoms with Gasteiger partial charge in [0.2, 0.25) is 0 Å². The van der Waals surface area contributed by atoms with Crippen LogP contribution in [0.2, 0.25) is 5.02 Å². The Balaban J connectivity index is 2.32. The van der Waals surface area contributed by atoms with E-state index in [1.807, 2.05) is 24.3 Å². The third-order valence-corrected chi connectivity index (χ3v) is 3.54. The smallest absolute Gasteiger partial charge is 0.144 e. The predicted molar refractivity (Wildman–Crippen MR) is 74.0 cm³/mol. The molecule has 0 aliphatic carbocycles. The molecular weight excluding hydrogens is 246 g/mol. The Morgan fingerprint density at radius 2 is 1.67 bits per heavy atom. The number of aromatic nitrogens is 1. The van der Waals surface area contributed by atoms with E-state index in [1.165, 1.54) is 0 Å². The summed E-state index contributed by atoms with van der Waals surface area (Å²) >= 11 is 6.15. The maximum Gasteiger partial charge on any atom is 0.144 e. The molecule has 0 saturated heterocycles. The normalized spacial score (nSPS) is 11.6. The lowest BCUT2D eigenvalue weighted by Crippen LogP contribution is -1.78. The summed E-state index contributed by atoms with van der Waals surface area (Å²) in [6, 6.07) is 12.1. The number of para-hydroxylation sites is 1. The zero-order valence-corrected chi connectivity index (χ0v) is 10.1. The Bertz CT molecular complexity index is 895. The van der Waals surface area contributed by atoms with Crippen molar-refractivity contribution in [3.8, 4) is 0 Å². The van der Waals surface area contributed by atoms with E-state index in [1.54, 1.807) is 12.4 Å². The van der Waals surface area contributed by atoms with Gasteiger partial charge in [-0.25, -0.2) is 0 Å². The van der Waals surface area contributed by atoms with E-state index in [-0.39, 0.29) is 0 Å². The van der Waals surface area contributed by atoms with Gasteiger partial charge in [0.1, 0.15) is 11.2 Å². The first-order valence-electron chi connectivity index (χ1n) is 5.68. The van der Waals surface area contributed by atoms with Gasteiger partial charge < -0.3 is 4.42 Å². The molecule has 0 N–H and O–H groups in total. The molecular formula is C15H8ClNO. The first kappa shape index (κ1) is 9.92. The highest BCUT2D eigenvalue weighted by molar-refractivity contribution is 6.36. The second kappa shape index (κ2) is 3.47. The molecule has 18 heavy (non-hydrogen) atoms. The first-order valence-corrected chi connectivity index (χ1v) is 6.06. The van der Waals surface area contributed by atoms with Gasteiger partial charge in [0.15, 0.2) is 0 Å². The van der Waals surface area contributed by atoms with E-state index in [4.69, 9.17) is 16.0 Å². The van der Waals surface area contributed by atoms with Gasteiger partial charge in [0.05, 0.1) is 5.02 Å². The van der Waals surface area contributed by atoms with Crippen LogP contribution in [0, 0.1) is 0 Å². The number of benzene rings is 2. The molecule has 0 fully saturated rings. The second-order valence-corrected chi connectivity index (χ2v) is 4.66. The molecule has 4 aromatic rings. The SMILES string of the molecule is Clc1cncc2c1ccc1c3ccccc3oc21. The van der Waals surface area contributed by atoms with Crippen LogP contribution in [0.4, 0.5) is 0 Å². The van der Waals surface area contributed by atoms with Crippen molar-refractivity contribution in [3.05, 3.63) is 53.8 Å². The lowest BCUT2D eigenvalue weighted by atomic mass is 10.1. The van der Waals surface area contributed by atoms with Crippen LogP contribution in [-0.4, -0.2) is 4.98 Å². The quantitative estimate of drug-likeness (QED) is 0.450. The van der Waals surface area contributed by atoms with Crippen LogP contribution in [0.1, 0.15) is 0 Å². The minimum atomic E-state index is 0.648. The Kier molecular flexibility index (Phi) is 1.91. The standard InChI is InChI=1S/C15H8ClNO/c16-13-8-17-7-12-9(13)5-6-11-10-3-1-2-4-14(10)18-15(11)12/h1-8H. The summed E-state index contributed by atoms with van der Waals surface area (Å²) in [6.45, 7) is 0. The molecule has 0 atom stereocenters. The number of hydrogen-bond donors (Lipinski definition) is 0. The molecule has 0 amide bonds. The molecule has 0 spiro atoms. The fraction of sp³-hybridized carbons (Fsp3) is 0. The Morgan fingerprint density at radius 3 is 2.61 bits per heavy atom. The van der Waals surface area contributed by atoms with Crippen LogP contribution >= 0.6 is 11.6 Å². The van der Waals surface area contributed by atoms with Crippen molar-refractivity contribution in [2.75, 3.05) is 0 Å². The fourth-order valence-corrected chi connectivity index (χ4v) is 2.61. The van der Waals surface area contributed by atoms with Crippen LogP contribution in [0.15, 0.2) is 53.2 Å². The Hall–Kier alpha value is -2.06. The monoisotopic (exact) mass is 253 g/mol. The number of halogens is 1. The number of rotatable bonds is 0. The molecule has 0 aliphatic heterocycles. The number of furan rings is 1. The average Bonchev–Trinajstić information content (AvgIpc) is 2.78. The largest absolute Gasteiger partial charge is 0.455 e. The number of hydrogen-bond acceptors (Lipinski definition) is 2. The van der Waals surface area contributed by atoms with Crippen LogP contribution in [0.3, 0.4) is 0 Å². The van der Waals surface area contributed by atoms with E-state index in [2.05, 4.69) is 17.1 Å². The summed E-state index contributed by atoms with van der Waals surface area (Å²) in [4.78, 5) is 4.14. The molecule has 0 radical (unpaired) electrons. The van der Waals surface area contributed by atoms with Crippen molar-refractivity contribution in [3.63, 3.8) is 0 Å². The minimum absolute atomic E-state index is 0.648. The lowest BCUT2D eigenvalue weighted by molar-refractivity contribution is 0.672. The highest BCUT2D eigenvalue weighted by atomic mass is 35.5. The topological polar surface area (TPSA) is 26.0 Å². The third-order valence-electron chi connectivity index (χ3n) is 3.23. The van der Waals surface area contributed by atoms with Gasteiger partial charge in [0, 0.05) is 33.9 Å². The Morgan fingerprint density at radius 1 is 0.833 bits per heavy atom. The molecule has 4 rings (SSSR count). The van der Waals surface area contributed by atoms with Gasteiger partial charge in [0.25, 0.3) is 0 Å². The minimum Gasteiger partial charge on any atom is -0.455 e. The highest BCUT2D eigenvalue weighted by Gasteiger charge is 2.10. The van der Waals surface area contributed by atoms with Crippen molar-refractivity contribution in [2.45, 2.75) is 0 Å². The summed E-state index contributed by atoms with van der Waals surface area (Å²) in [5.74, 6) is 0. The lowest BCUT2D eigenvalue weighted by Gasteiger charge is -1.99. The summed E-state index contributed by atoms with van der Waals surface area (Å²) in [6.07, 6.45) is 3.45. The second-order valence-electron chi connectivity index (χ2n) is 4.26. The highest BCUT2D eigenvalue weighted by Crippen LogP contribution is 2.35. The van der Waals surface area contributed by atoms with Crippen molar-refractivity contribution in [1.82, 2.24) is 4.98 Å². The van der Waals surface area contributed by atoms with E-state index in [0.717, 1.165) is 32.7 Å². The van der Waals surface area contributed by atoms with Crippen molar-refractivity contribution < 1.29 is 4.42 Å². The van der Waals surface area contributed by atoms with E-state index < -0.39 is 0 Å². The van der Waals surface area contributed by atoms with Crippen molar-refractivity contribution >= 4 is 44.3 Å². The third kappa shape index (κ3) is 1.21. The van der Waals surface area contributed by atoms with Crippen molar-refractivity contribution in [1.29, 1.82) is 0 Å². The molecule has 86 valence electrons. The molecule has 2 aromatic heterocycles. The van der Waals surface area contributed by atoms with Gasteiger partial charge >= 0.3 is 0 Å². The first-order chi connectivity index (χ1) is 8.84. The molecule has 2 nitrogen and oxygen atoms in total. The maximum atomic E-state index is 6.15. The molecule has 2 aromatic carbocycles. The molecule has 3 heteroatoms. The summed E-state index contributed by atoms with van der Waals surface area (Å²) < 4.78 is 5.92. The Labute approximate surface area is 108 Å². The summed E-state index contributed by atoms with van der Waals surface area (Å²) in [5, 5.41) is 4.79. The summed E-state index contributed by atoms with van der Waals surface area (Å²) in [7, 11) is 0. The van der Waals surface area contributed by atoms with E-state index in [9.17, 15) is 0 Å². The molecule has 0 aliphatic rings. The van der Waals surface area contributed by atoms with Crippen LogP contribution in [0.25, 0.3) is 32.7 Å². The maximum absolute atomic E-state index is 6.15. The van der Waals surface area contributed by atoms with Crippen molar-refractivity contribution in [2.24, 2.45) is 0 Å². The fourth-order valence-electron chi connectivity index (χ4n) is 2.39. The van der Waals surface area contributed by atoms with Crippen LogP contribution < -0.4 is 0 Å². The van der Waals surface area contributed by atoms with Gasteiger partial charge in [-0.3, -0.25) is 4.98 Å². The molecule has 0 bridgehead atoms. The number of fused-ring (bicyclic) bond motifs is 5. The van der Waals surface area contributed by atoms with Crippen LogP contribution in [-0.2, 0) is 0 Å². The van der Waals surface area contributed by atoms with Gasteiger partial charge in [-0.1, -0.05) is 35.9 Å².